The van der Waals surface area contributed by atoms with E-state index in [1.54, 1.807) is 5.56 Å². The van der Waals surface area contributed by atoms with Gasteiger partial charge >= 0.3 is 17.1 Å². The van der Waals surface area contributed by atoms with Crippen LogP contribution < -0.4 is 0 Å². The van der Waals surface area contributed by atoms with Crippen LogP contribution in [0.4, 0.5) is 0 Å². The molecule has 130 valence electrons. The summed E-state index contributed by atoms with van der Waals surface area (Å²) >= 11 is 0. The summed E-state index contributed by atoms with van der Waals surface area (Å²) in [4.78, 5) is 0. The topological polar surface area (TPSA) is 0 Å². The fourth-order valence-electron chi connectivity index (χ4n) is 2.86. The average molecular weight is 354 g/mol. The van der Waals surface area contributed by atoms with E-state index in [1.807, 2.05) is 30.3 Å². The summed E-state index contributed by atoms with van der Waals surface area (Å²) in [5.74, 6) is 0. The summed E-state index contributed by atoms with van der Waals surface area (Å²) in [6.45, 7) is 20.8. The number of hydrogen-bond acceptors (Lipinski definition) is 0. The van der Waals surface area contributed by atoms with E-state index in [9.17, 15) is 0 Å². The van der Waals surface area contributed by atoms with Crippen LogP contribution in [-0.2, 0) is 33.3 Å². The predicted molar refractivity (Wildman–Crippen MR) is 100 cm³/mol. The zero-order chi connectivity index (χ0) is 17.2. The third-order valence-corrected chi connectivity index (χ3v) is 3.88. The van der Waals surface area contributed by atoms with Crippen molar-refractivity contribution in [3.05, 3.63) is 59.2 Å². The second-order valence-corrected chi connectivity index (χ2v) is 9.25. The van der Waals surface area contributed by atoms with Gasteiger partial charge in [0.05, 0.1) is 0 Å². The molecule has 0 nitrogen and oxygen atoms in total. The molecular formula is C22H34Fe. The molecule has 0 aliphatic rings. The molecule has 0 aliphatic carbocycles. The van der Waals surface area contributed by atoms with E-state index in [-0.39, 0.29) is 33.3 Å². The first-order valence-corrected chi connectivity index (χ1v) is 8.33. The minimum absolute atomic E-state index is 0. The van der Waals surface area contributed by atoms with Crippen LogP contribution in [0.25, 0.3) is 0 Å². The van der Waals surface area contributed by atoms with Crippen molar-refractivity contribution in [2.45, 2.75) is 78.6 Å². The SMILES string of the molecule is CC(C)(C)c1cc[c-](C(C)(C)C)c1C(C)(C)C.[Fe+2].c1cc[cH-]c1. The fraction of sp³-hybridized carbons (Fsp3) is 0.545. The molecule has 0 unspecified atom stereocenters. The van der Waals surface area contributed by atoms with Gasteiger partial charge in [-0.25, -0.2) is 18.2 Å². The van der Waals surface area contributed by atoms with Gasteiger partial charge in [0.25, 0.3) is 0 Å². The number of hydrogen-bond donors (Lipinski definition) is 0. The van der Waals surface area contributed by atoms with E-state index in [0.29, 0.717) is 0 Å². The second-order valence-electron chi connectivity index (χ2n) is 9.25. The van der Waals surface area contributed by atoms with Crippen molar-refractivity contribution in [3.63, 3.8) is 0 Å². The second kappa shape index (κ2) is 7.86. The smallest absolute Gasteiger partial charge is 0.214 e. The summed E-state index contributed by atoms with van der Waals surface area (Å²) in [5, 5.41) is 0. The van der Waals surface area contributed by atoms with Gasteiger partial charge in [-0.1, -0.05) is 73.1 Å². The number of rotatable bonds is 0. The Morgan fingerprint density at radius 2 is 1.26 bits per heavy atom. The first-order chi connectivity index (χ1) is 9.85. The maximum atomic E-state index is 2.33. The van der Waals surface area contributed by atoms with Crippen LogP contribution in [0.1, 0.15) is 79.0 Å². The van der Waals surface area contributed by atoms with E-state index in [2.05, 4.69) is 74.4 Å². The molecule has 0 N–H and O–H groups in total. The molecule has 0 bridgehead atoms. The zero-order valence-corrected chi connectivity index (χ0v) is 17.5. The molecule has 0 aromatic heterocycles. The van der Waals surface area contributed by atoms with Crippen LogP contribution in [0.2, 0.25) is 0 Å². The Bertz CT molecular complexity index is 500. The molecular weight excluding hydrogens is 320 g/mol. The molecule has 0 saturated heterocycles. The van der Waals surface area contributed by atoms with E-state index in [0.717, 1.165) is 0 Å². The summed E-state index contributed by atoms with van der Waals surface area (Å²) in [6, 6.07) is 14.7. The Balaban J connectivity index is 0.000000684. The Morgan fingerprint density at radius 1 is 0.783 bits per heavy atom. The van der Waals surface area contributed by atoms with E-state index in [1.165, 1.54) is 11.1 Å². The Morgan fingerprint density at radius 3 is 1.52 bits per heavy atom. The van der Waals surface area contributed by atoms with Crippen molar-refractivity contribution >= 4 is 0 Å². The first kappa shape index (κ1) is 22.2. The quantitative estimate of drug-likeness (QED) is 0.365. The van der Waals surface area contributed by atoms with Gasteiger partial charge < -0.3 is 0 Å². The summed E-state index contributed by atoms with van der Waals surface area (Å²) < 4.78 is 0. The van der Waals surface area contributed by atoms with Crippen molar-refractivity contribution in [2.75, 3.05) is 0 Å². The maximum Gasteiger partial charge on any atom is 2.00 e. The van der Waals surface area contributed by atoms with Crippen molar-refractivity contribution in [1.29, 1.82) is 0 Å². The van der Waals surface area contributed by atoms with E-state index in [4.69, 9.17) is 0 Å². The van der Waals surface area contributed by atoms with Gasteiger partial charge in [-0.3, -0.25) is 0 Å². The first-order valence-electron chi connectivity index (χ1n) is 8.33. The third kappa shape index (κ3) is 6.32. The van der Waals surface area contributed by atoms with Crippen LogP contribution in [0.5, 0.6) is 0 Å². The van der Waals surface area contributed by atoms with Gasteiger partial charge in [-0.2, -0.15) is 35.4 Å². The van der Waals surface area contributed by atoms with Crippen LogP contribution in [0.3, 0.4) is 0 Å². The third-order valence-electron chi connectivity index (χ3n) is 3.88. The molecule has 0 atom stereocenters. The molecule has 2 aromatic carbocycles. The zero-order valence-electron chi connectivity index (χ0n) is 16.4. The van der Waals surface area contributed by atoms with Gasteiger partial charge in [0, 0.05) is 0 Å². The molecule has 0 radical (unpaired) electrons. The molecule has 2 aromatic rings. The van der Waals surface area contributed by atoms with Gasteiger partial charge in [0.15, 0.2) is 0 Å². The average Bonchev–Trinajstić information content (AvgIpc) is 2.99. The molecule has 23 heavy (non-hydrogen) atoms. The van der Waals surface area contributed by atoms with Crippen molar-refractivity contribution < 1.29 is 17.1 Å². The molecule has 2 rings (SSSR count). The Kier molecular flexibility index (Phi) is 7.59. The van der Waals surface area contributed by atoms with E-state index >= 15 is 0 Å². The van der Waals surface area contributed by atoms with Crippen molar-refractivity contribution in [1.82, 2.24) is 0 Å². The monoisotopic (exact) mass is 354 g/mol. The van der Waals surface area contributed by atoms with Crippen molar-refractivity contribution in [2.24, 2.45) is 0 Å². The maximum absolute atomic E-state index is 2.33. The molecule has 0 heterocycles. The Hall–Kier alpha value is -0.781. The Labute approximate surface area is 154 Å². The van der Waals surface area contributed by atoms with Crippen LogP contribution in [0, 0.1) is 0 Å². The molecule has 0 aliphatic heterocycles. The molecule has 0 fully saturated rings. The predicted octanol–water partition coefficient (Wildman–Crippen LogP) is 6.70. The summed E-state index contributed by atoms with van der Waals surface area (Å²) in [7, 11) is 0. The van der Waals surface area contributed by atoms with Crippen LogP contribution in [0.15, 0.2) is 42.5 Å². The van der Waals surface area contributed by atoms with Gasteiger partial charge in [0.1, 0.15) is 0 Å². The van der Waals surface area contributed by atoms with Gasteiger partial charge in [-0.15, -0.1) is 5.56 Å². The largest absolute Gasteiger partial charge is 2.00 e. The molecule has 0 amide bonds. The fourth-order valence-corrected chi connectivity index (χ4v) is 2.86. The standard InChI is InChI=1S/C17H29.C5H5.Fe/c1-15(2,3)12-10-11-13(16(4,5)6)14(12)17(7,8)9;1-2-4-5-3-1;/h10-11H,1-9H3;1-5H;/q2*-1;+2. The van der Waals surface area contributed by atoms with Crippen molar-refractivity contribution in [3.8, 4) is 0 Å². The van der Waals surface area contributed by atoms with Crippen LogP contribution in [-0.4, -0.2) is 0 Å². The summed E-state index contributed by atoms with van der Waals surface area (Å²) in [6.07, 6.45) is 0. The minimum atomic E-state index is 0. The van der Waals surface area contributed by atoms with Crippen LogP contribution >= 0.6 is 0 Å². The minimum Gasteiger partial charge on any atom is -0.214 e. The molecule has 0 spiro atoms. The van der Waals surface area contributed by atoms with Gasteiger partial charge in [-0.05, 0) is 5.41 Å². The van der Waals surface area contributed by atoms with E-state index < -0.39 is 0 Å². The molecule has 1 heteroatoms. The molecule has 0 saturated carbocycles. The summed E-state index contributed by atoms with van der Waals surface area (Å²) in [5.41, 5.74) is 5.25. The normalized spacial score (nSPS) is 12.2. The van der Waals surface area contributed by atoms with Gasteiger partial charge in [0.2, 0.25) is 0 Å².